The van der Waals surface area contributed by atoms with Gasteiger partial charge in [0.1, 0.15) is 11.5 Å². The van der Waals surface area contributed by atoms with Crippen molar-refractivity contribution in [2.75, 3.05) is 0 Å². The van der Waals surface area contributed by atoms with E-state index in [0.717, 1.165) is 30.4 Å². The number of rotatable bonds is 3. The minimum absolute atomic E-state index is 0.00315. The minimum atomic E-state index is -0.0455. The van der Waals surface area contributed by atoms with E-state index in [1.807, 2.05) is 25.1 Å². The summed E-state index contributed by atoms with van der Waals surface area (Å²) in [5.74, 6) is 2.11. The van der Waals surface area contributed by atoms with E-state index in [0.29, 0.717) is 45.1 Å². The molecule has 31 heavy (non-hydrogen) atoms. The number of aryl methyl sites for hydroxylation is 1. The highest BCUT2D eigenvalue weighted by atomic mass is 35.5. The van der Waals surface area contributed by atoms with Crippen molar-refractivity contribution in [3.05, 3.63) is 64.5 Å². The lowest BCUT2D eigenvalue weighted by atomic mass is 9.80. The quantitative estimate of drug-likeness (QED) is 0.558. The van der Waals surface area contributed by atoms with Gasteiger partial charge in [-0.1, -0.05) is 17.7 Å². The zero-order chi connectivity index (χ0) is 21.3. The monoisotopic (exact) mass is 432 g/mol. The van der Waals surface area contributed by atoms with Gasteiger partial charge in [-0.2, -0.15) is 0 Å². The molecule has 3 aliphatic carbocycles. The van der Waals surface area contributed by atoms with Crippen LogP contribution in [-0.4, -0.2) is 20.9 Å². The summed E-state index contributed by atoms with van der Waals surface area (Å²) in [6.45, 7) is 1.95. The van der Waals surface area contributed by atoms with E-state index in [9.17, 15) is 9.90 Å². The molecule has 0 spiro atoms. The van der Waals surface area contributed by atoms with Gasteiger partial charge in [-0.15, -0.1) is 0 Å². The van der Waals surface area contributed by atoms with Gasteiger partial charge in [0.2, 0.25) is 5.88 Å². The van der Waals surface area contributed by atoms with Crippen molar-refractivity contribution in [3.8, 4) is 11.6 Å². The van der Waals surface area contributed by atoms with Gasteiger partial charge in [0.05, 0.1) is 22.8 Å². The van der Waals surface area contributed by atoms with Crippen molar-refractivity contribution in [2.45, 2.75) is 26.2 Å². The van der Waals surface area contributed by atoms with E-state index in [-0.39, 0.29) is 23.4 Å². The fraction of sp³-hybridized carbons (Fsp3) is 0.320. The van der Waals surface area contributed by atoms with E-state index < -0.39 is 0 Å². The van der Waals surface area contributed by atoms with Crippen molar-refractivity contribution < 1.29 is 14.6 Å². The summed E-state index contributed by atoms with van der Waals surface area (Å²) < 4.78 is 5.97. The summed E-state index contributed by atoms with van der Waals surface area (Å²) in [6.07, 6.45) is 4.85. The number of ether oxygens (including phenoxy) is 1. The number of allylic oxidation sites excluding steroid dienone is 2. The second-order valence-corrected chi connectivity index (χ2v) is 9.37. The Hall–Kier alpha value is -2.92. The highest BCUT2D eigenvalue weighted by Crippen LogP contribution is 2.60. The number of fused-ring (bicyclic) bond motifs is 6. The lowest BCUT2D eigenvalue weighted by Crippen LogP contribution is -2.24. The van der Waals surface area contributed by atoms with E-state index >= 15 is 0 Å². The molecule has 1 heterocycles. The topological polar surface area (TPSA) is 72.3 Å². The molecule has 156 valence electrons. The normalized spacial score (nSPS) is 26.7. The van der Waals surface area contributed by atoms with Crippen LogP contribution in [-0.2, 0) is 4.79 Å². The Balaban J connectivity index is 1.35. The van der Waals surface area contributed by atoms with Crippen molar-refractivity contribution >= 4 is 34.0 Å². The van der Waals surface area contributed by atoms with Crippen LogP contribution in [0.4, 0.5) is 0 Å². The molecule has 3 aromatic rings. The first-order valence-electron chi connectivity index (χ1n) is 10.7. The van der Waals surface area contributed by atoms with Gasteiger partial charge in [-0.25, -0.2) is 9.97 Å². The van der Waals surface area contributed by atoms with Crippen molar-refractivity contribution in [1.29, 1.82) is 0 Å². The maximum atomic E-state index is 13.3. The molecule has 3 aliphatic rings. The van der Waals surface area contributed by atoms with Gasteiger partial charge >= 0.3 is 0 Å². The Morgan fingerprint density at radius 1 is 1.06 bits per heavy atom. The standard InChI is InChI=1S/C25H21ClN2O3/c1-12-2-6-16(31-20-11-27-19-9-15(26)5-7-18(19)28-20)10-17(12)23-24(29)21-13-3-4-14(8-13)22(21)25(23)30/h2,5-7,9-11,13-14,21-22,29H,3-4,8H2,1H3/t13-,14+,21-,22+/m0/s1. The Morgan fingerprint density at radius 2 is 1.87 bits per heavy atom. The van der Waals surface area contributed by atoms with Gasteiger partial charge in [-0.05, 0) is 79.5 Å². The molecule has 6 rings (SSSR count). The summed E-state index contributed by atoms with van der Waals surface area (Å²) in [5.41, 5.74) is 3.54. The molecule has 1 N–H and O–H groups in total. The number of hydrogen-bond acceptors (Lipinski definition) is 5. The third-order valence-corrected chi connectivity index (χ3v) is 7.46. The lowest BCUT2D eigenvalue weighted by Gasteiger charge is -2.23. The second kappa shape index (κ2) is 6.79. The molecule has 0 saturated heterocycles. The first kappa shape index (κ1) is 18.8. The van der Waals surface area contributed by atoms with Crippen LogP contribution >= 0.6 is 11.6 Å². The van der Waals surface area contributed by atoms with Gasteiger partial charge in [0.15, 0.2) is 5.78 Å². The molecule has 2 saturated carbocycles. The molecular formula is C25H21ClN2O3. The van der Waals surface area contributed by atoms with Crippen molar-refractivity contribution in [3.63, 3.8) is 0 Å². The predicted octanol–water partition coefficient (Wildman–Crippen LogP) is 5.90. The largest absolute Gasteiger partial charge is 0.511 e. The molecule has 0 aliphatic heterocycles. The molecule has 1 aromatic heterocycles. The molecule has 6 heteroatoms. The third kappa shape index (κ3) is 2.87. The van der Waals surface area contributed by atoms with Crippen LogP contribution in [0, 0.1) is 30.6 Å². The number of nitrogens with zero attached hydrogens (tertiary/aromatic N) is 2. The first-order chi connectivity index (χ1) is 15.0. The average molecular weight is 433 g/mol. The maximum Gasteiger partial charge on any atom is 0.238 e. The number of Topliss-reactive ketones (excluding diaryl/α,β-unsaturated/α-hetero) is 1. The number of ketones is 1. The van der Waals surface area contributed by atoms with Crippen LogP contribution in [0.2, 0.25) is 5.02 Å². The van der Waals surface area contributed by atoms with Gasteiger partial charge in [-0.3, -0.25) is 4.79 Å². The number of halogens is 1. The van der Waals surface area contributed by atoms with E-state index in [2.05, 4.69) is 9.97 Å². The molecule has 0 unspecified atom stereocenters. The molecule has 0 amide bonds. The lowest BCUT2D eigenvalue weighted by molar-refractivity contribution is -0.118. The molecule has 4 atom stereocenters. The van der Waals surface area contributed by atoms with E-state index in [1.165, 1.54) is 0 Å². The molecule has 2 bridgehead atoms. The van der Waals surface area contributed by atoms with Crippen LogP contribution in [0.3, 0.4) is 0 Å². The Kier molecular flexibility index (Phi) is 4.12. The average Bonchev–Trinajstić information content (AvgIpc) is 3.44. The van der Waals surface area contributed by atoms with E-state index in [1.54, 1.807) is 24.4 Å². The predicted molar refractivity (Wildman–Crippen MR) is 118 cm³/mol. The van der Waals surface area contributed by atoms with Crippen molar-refractivity contribution in [2.24, 2.45) is 23.7 Å². The molecule has 2 fully saturated rings. The zero-order valence-electron chi connectivity index (χ0n) is 17.0. The summed E-state index contributed by atoms with van der Waals surface area (Å²) in [6, 6.07) is 10.9. The number of aromatic nitrogens is 2. The molecule has 0 radical (unpaired) electrons. The number of hydrogen-bond donors (Lipinski definition) is 1. The van der Waals surface area contributed by atoms with Gasteiger partial charge in [0, 0.05) is 16.9 Å². The summed E-state index contributed by atoms with van der Waals surface area (Å²) in [5, 5.41) is 11.6. The fourth-order valence-corrected chi connectivity index (χ4v) is 6.03. The Labute approximate surface area is 184 Å². The Bertz CT molecular complexity index is 1280. The number of aliphatic hydroxyl groups excluding tert-OH is 1. The molecular weight excluding hydrogens is 412 g/mol. The van der Waals surface area contributed by atoms with Crippen LogP contribution in [0.5, 0.6) is 11.6 Å². The van der Waals surface area contributed by atoms with Gasteiger partial charge < -0.3 is 9.84 Å². The maximum absolute atomic E-state index is 13.3. The highest BCUT2D eigenvalue weighted by molar-refractivity contribution is 6.31. The van der Waals surface area contributed by atoms with Crippen LogP contribution in [0.25, 0.3) is 16.6 Å². The fourth-order valence-electron chi connectivity index (χ4n) is 5.86. The molecule has 2 aromatic carbocycles. The van der Waals surface area contributed by atoms with E-state index in [4.69, 9.17) is 16.3 Å². The van der Waals surface area contributed by atoms with Gasteiger partial charge in [0.25, 0.3) is 0 Å². The summed E-state index contributed by atoms with van der Waals surface area (Å²) >= 11 is 6.01. The van der Waals surface area contributed by atoms with Crippen LogP contribution < -0.4 is 4.74 Å². The Morgan fingerprint density at radius 3 is 2.68 bits per heavy atom. The highest BCUT2D eigenvalue weighted by Gasteiger charge is 2.57. The minimum Gasteiger partial charge on any atom is -0.511 e. The summed E-state index contributed by atoms with van der Waals surface area (Å²) in [7, 11) is 0. The smallest absolute Gasteiger partial charge is 0.238 e. The summed E-state index contributed by atoms with van der Waals surface area (Å²) in [4.78, 5) is 22.2. The van der Waals surface area contributed by atoms with Crippen molar-refractivity contribution in [1.82, 2.24) is 9.97 Å². The number of aliphatic hydroxyl groups is 1. The molecule has 5 nitrogen and oxygen atoms in total. The number of benzene rings is 2. The third-order valence-electron chi connectivity index (χ3n) is 7.22. The van der Waals surface area contributed by atoms with Crippen LogP contribution in [0.15, 0.2) is 48.4 Å². The van der Waals surface area contributed by atoms with Crippen LogP contribution in [0.1, 0.15) is 30.4 Å². The SMILES string of the molecule is Cc1ccc(Oc2cnc3cc(Cl)ccc3n2)cc1C1=C(O)[C@H]2[C@H]3CC[C@H](C3)[C@H]2C1=O. The number of carbonyl (C=O) groups excluding carboxylic acids is 1. The first-order valence-corrected chi connectivity index (χ1v) is 11.1. The number of carbonyl (C=O) groups is 1. The second-order valence-electron chi connectivity index (χ2n) is 8.93. The zero-order valence-corrected chi connectivity index (χ0v) is 17.8.